The molecule has 140 heavy (non-hydrogen) atoms. The van der Waals surface area contributed by atoms with Crippen molar-refractivity contribution < 1.29 is 37.4 Å². The van der Waals surface area contributed by atoms with Gasteiger partial charge < -0.3 is 44.1 Å². The Bertz CT molecular complexity index is 6940. The van der Waals surface area contributed by atoms with Gasteiger partial charge in [0.15, 0.2) is 48.9 Å². The molecule has 17 aromatic rings. The summed E-state index contributed by atoms with van der Waals surface area (Å²) >= 11 is 58.1. The predicted molar refractivity (Wildman–Crippen MR) is 571 cm³/mol. The molecule has 0 atom stereocenters. The molecular formula is C103H94Cl6N18O8S5. The number of hydrogen-bond donors (Lipinski definition) is 5. The van der Waals surface area contributed by atoms with E-state index in [1.54, 1.807) is 48.5 Å². The summed E-state index contributed by atoms with van der Waals surface area (Å²) in [4.78, 5) is 26.9. The summed E-state index contributed by atoms with van der Waals surface area (Å²) < 4.78 is 39.5. The molecule has 0 fully saturated rings. The summed E-state index contributed by atoms with van der Waals surface area (Å²) in [6.45, 7) is 18.0. The number of rotatable bonds is 27. The zero-order valence-electron chi connectivity index (χ0n) is 76.8. The minimum atomic E-state index is -0.0527. The van der Waals surface area contributed by atoms with Crippen LogP contribution >= 0.6 is 130 Å². The maximum Gasteiger partial charge on any atom is 0.247 e. The largest absolute Gasteiger partial charge is 0.494 e. The Hall–Kier alpha value is -13.7. The molecule has 0 radical (unpaired) electrons. The summed E-state index contributed by atoms with van der Waals surface area (Å²) in [5, 5.41) is 58.8. The zero-order chi connectivity index (χ0) is 100. The summed E-state index contributed by atoms with van der Waals surface area (Å²) in [6.07, 6.45) is 0. The molecular weight excluding hydrogens is 1990 g/mol. The number of Topliss-reactive ketones (excluding diaryl/α,β-unsaturated/α-hetero) is 2. The van der Waals surface area contributed by atoms with Crippen molar-refractivity contribution in [3.05, 3.63) is 365 Å². The highest BCUT2D eigenvalue weighted by molar-refractivity contribution is 7.98. The number of nitrogens with one attached hydrogen (secondary N) is 4. The lowest BCUT2D eigenvalue weighted by Gasteiger charge is -2.12. The van der Waals surface area contributed by atoms with Gasteiger partial charge in [0, 0.05) is 45.9 Å². The standard InChI is InChI=1S/C26H22ClN5O2S.2C16H14ClN3OS.C16H15ClN2OS.C10H9ClN2O.C10H13NO2.C7H4ClNS.C2H3N/c1-3-33-20-14-12-18(13-15-20)24-29-31-26(32(24)22-7-5-4-6-21(22)27)35-16-23-28-30-25(34-23)19-10-8-17(2)9-11-19;2*1-2-21-12-9-7-11(8-10-12)15-18-19-16(22)20(15)14-6-4-3-5-13(14)17;1-11-6-8-12(9-7-11)15(20)10-18-16(21)19-14-5-3-2-4-13(14)17;1-7-2-4-8(5-3-7)10-13-12-9(6-11)14-10;1-2-13-9-5-3-8(4-6-9)10(12)7-11;8-6-3-1-2-4-7(6)9-5-10;1-2-3/h4-15H,3,16H2,1-2H3;2*3-10H,2H2,1H3,(H,19,22);2-9H,10H2,1H3,(H2,18,19,21);2-5H,6H2,1H3;3-6H,2,7,11H2,1H3;1-4H;1H3. The van der Waals surface area contributed by atoms with Crippen LogP contribution in [0.4, 0.5) is 11.4 Å². The Labute approximate surface area is 865 Å². The molecule has 0 saturated heterocycles. The number of halogens is 6. The molecule has 0 aliphatic rings. The van der Waals surface area contributed by atoms with Gasteiger partial charge >= 0.3 is 0 Å². The number of para-hydroxylation sites is 5. The second-order valence-electron chi connectivity index (χ2n) is 28.9. The highest BCUT2D eigenvalue weighted by atomic mass is 35.5. The molecule has 5 aromatic heterocycles. The monoisotopic (exact) mass is 2080 g/mol. The maximum absolute atomic E-state index is 12.0. The molecule has 5 heterocycles. The summed E-state index contributed by atoms with van der Waals surface area (Å²) in [5.41, 5.74) is 18.3. The summed E-state index contributed by atoms with van der Waals surface area (Å²) in [5.74, 6) is 7.89. The number of thiocarbonyl (C=S) groups is 2. The number of aromatic amines is 2. The minimum absolute atomic E-state index is 0.0155. The average molecular weight is 2090 g/mol. The number of ether oxygens (including phenoxy) is 4. The van der Waals surface area contributed by atoms with E-state index in [-0.39, 0.29) is 30.5 Å². The number of nitriles is 1. The first-order valence-electron chi connectivity index (χ1n) is 43.1. The van der Waals surface area contributed by atoms with Crippen molar-refractivity contribution in [3.63, 3.8) is 0 Å². The van der Waals surface area contributed by atoms with Crippen LogP contribution in [0.15, 0.2) is 310 Å². The molecule has 37 heteroatoms. The van der Waals surface area contributed by atoms with Crippen LogP contribution < -0.4 is 35.3 Å². The molecule has 0 spiro atoms. The van der Waals surface area contributed by atoms with Gasteiger partial charge in [-0.3, -0.25) is 33.5 Å². The fourth-order valence-corrected chi connectivity index (χ4v) is 15.1. The van der Waals surface area contributed by atoms with Crippen LogP contribution in [-0.4, -0.2) is 126 Å². The average Bonchev–Trinajstić information content (AvgIpc) is 1.65. The number of carbonyl (C=O) groups excluding carboxylic acids is 2. The van der Waals surface area contributed by atoms with Crippen molar-refractivity contribution in [2.75, 3.05) is 44.8 Å². The summed E-state index contributed by atoms with van der Waals surface area (Å²) in [6, 6.07) is 92.4. The smallest absolute Gasteiger partial charge is 0.247 e. The second kappa shape index (κ2) is 57.0. The Morgan fingerprint density at radius 1 is 0.457 bits per heavy atom. The van der Waals surface area contributed by atoms with Gasteiger partial charge in [0.25, 0.3) is 0 Å². The van der Waals surface area contributed by atoms with Crippen LogP contribution in [0.2, 0.25) is 25.1 Å². The van der Waals surface area contributed by atoms with E-state index in [1.807, 2.05) is 311 Å². The molecule has 0 amide bonds. The minimum Gasteiger partial charge on any atom is -0.494 e. The van der Waals surface area contributed by atoms with E-state index in [2.05, 4.69) is 84.0 Å². The van der Waals surface area contributed by atoms with Crippen LogP contribution in [0, 0.1) is 41.6 Å². The number of aromatic nitrogens is 13. The predicted octanol–water partition coefficient (Wildman–Crippen LogP) is 27.4. The van der Waals surface area contributed by atoms with Crippen molar-refractivity contribution in [2.45, 2.75) is 72.2 Å². The molecule has 12 aromatic carbocycles. The number of hydrogen-bond acceptors (Lipinski definition) is 24. The first-order valence-corrected chi connectivity index (χ1v) is 48.2. The first kappa shape index (κ1) is 108. The fraction of sp³-hybridized carbons (Fsp3) is 0.155. The van der Waals surface area contributed by atoms with Crippen molar-refractivity contribution in [1.29, 1.82) is 5.26 Å². The number of isothiocyanates is 1. The van der Waals surface area contributed by atoms with E-state index < -0.39 is 0 Å². The highest BCUT2D eigenvalue weighted by Crippen LogP contribution is 2.36. The number of H-pyrrole nitrogens is 2. The van der Waals surface area contributed by atoms with Gasteiger partial charge in [0.05, 0.1) is 110 Å². The van der Waals surface area contributed by atoms with Gasteiger partial charge in [-0.2, -0.15) is 20.5 Å². The number of aliphatic imine (C=N–C) groups is 1. The number of aryl methyl sites for hydroxylation is 3. The Morgan fingerprint density at radius 2 is 0.814 bits per heavy atom. The van der Waals surface area contributed by atoms with Crippen molar-refractivity contribution in [3.8, 4) is 103 Å². The van der Waals surface area contributed by atoms with Crippen molar-refractivity contribution in [2.24, 2.45) is 10.7 Å². The van der Waals surface area contributed by atoms with Crippen LogP contribution in [-0.2, 0) is 11.6 Å². The number of benzene rings is 12. The number of ketones is 2. The number of thioether (sulfide) groups is 1. The molecule has 0 saturated carbocycles. The van der Waals surface area contributed by atoms with Crippen molar-refractivity contribution in [1.82, 2.24) is 70.0 Å². The van der Waals surface area contributed by atoms with E-state index in [4.69, 9.17) is 145 Å². The fourth-order valence-electron chi connectivity index (χ4n) is 12.4. The zero-order valence-corrected chi connectivity index (χ0v) is 85.5. The van der Waals surface area contributed by atoms with Crippen LogP contribution in [0.25, 0.3) is 74.1 Å². The normalized spacial score (nSPS) is 10.2. The molecule has 716 valence electrons. The highest BCUT2D eigenvalue weighted by Gasteiger charge is 2.22. The summed E-state index contributed by atoms with van der Waals surface area (Å²) in [7, 11) is 0. The quantitative estimate of drug-likeness (QED) is 0.0105. The van der Waals surface area contributed by atoms with Crippen LogP contribution in [0.5, 0.6) is 23.0 Å². The van der Waals surface area contributed by atoms with E-state index in [9.17, 15) is 9.59 Å². The van der Waals surface area contributed by atoms with Crippen molar-refractivity contribution >= 4 is 163 Å². The lowest BCUT2D eigenvalue weighted by Crippen LogP contribution is -2.33. The lowest BCUT2D eigenvalue weighted by atomic mass is 10.1. The van der Waals surface area contributed by atoms with Crippen LogP contribution in [0.1, 0.15) is 83.8 Å². The number of nitrogens with two attached hydrogens (primary N) is 1. The van der Waals surface area contributed by atoms with E-state index in [1.165, 1.54) is 29.8 Å². The SMILES string of the molecule is CC#N.CCOc1ccc(-c2n[nH]c(=S)n2-c2ccccc2Cl)cc1.CCOc1ccc(-c2n[nH]c(=S)n2-c2ccccc2Cl)cc1.CCOc1ccc(-c2nnc(SCc3nnc(-c4ccc(C)cc4)o3)n2-c2ccccc2Cl)cc1.CCOc1ccc(C(=O)CN)cc1.Cc1ccc(-c2nnc(CCl)o2)cc1.Cc1ccc(C(=O)CNC(=S)Nc2ccccc2Cl)cc1.S=C=Nc1ccccc1Cl. The third kappa shape index (κ3) is 32.5. The second-order valence-corrected chi connectivity index (χ2v) is 33.5. The third-order valence-electron chi connectivity index (χ3n) is 19.1. The number of nitrogens with zero attached hydrogens (tertiary/aromatic N) is 13. The molecule has 0 bridgehead atoms. The van der Waals surface area contributed by atoms with Gasteiger partial charge in [-0.1, -0.05) is 196 Å². The van der Waals surface area contributed by atoms with E-state index in [0.29, 0.717) is 141 Å². The van der Waals surface area contributed by atoms with Gasteiger partial charge in [-0.25, -0.2) is 0 Å². The van der Waals surface area contributed by atoms with Gasteiger partial charge in [0.2, 0.25) is 23.6 Å². The topological polar surface area (TPSA) is 333 Å². The van der Waals surface area contributed by atoms with E-state index in [0.717, 1.165) is 73.4 Å². The first-order chi connectivity index (χ1) is 67.9. The third-order valence-corrected chi connectivity index (χ3v) is 22.7. The molecule has 0 aliphatic heterocycles. The van der Waals surface area contributed by atoms with E-state index >= 15 is 0 Å². The molecule has 6 N–H and O–H groups in total. The molecule has 26 nitrogen and oxygen atoms in total. The molecule has 0 aliphatic carbocycles. The van der Waals surface area contributed by atoms with Crippen LogP contribution in [0.3, 0.4) is 0 Å². The van der Waals surface area contributed by atoms with Gasteiger partial charge in [-0.15, -0.1) is 42.2 Å². The maximum atomic E-state index is 12.0. The number of anilines is 1. The van der Waals surface area contributed by atoms with Gasteiger partial charge in [0.1, 0.15) is 28.9 Å². The number of carbonyl (C=O) groups is 2. The Morgan fingerprint density at radius 3 is 1.21 bits per heavy atom. The Kier molecular flexibility index (Phi) is 44.1. The lowest BCUT2D eigenvalue weighted by molar-refractivity contribution is 0.0991. The van der Waals surface area contributed by atoms with Gasteiger partial charge in [-0.05, 0) is 279 Å². The molecule has 17 rings (SSSR count). The molecule has 0 unspecified atom stereocenters. The number of alkyl halides is 1. The Balaban J connectivity index is 0.000000173.